The molecule has 0 radical (unpaired) electrons. The number of thiazole rings is 1. The minimum Gasteiger partial charge on any atom is -0.361 e. The average molecular weight is 246 g/mol. The van der Waals surface area contributed by atoms with Crippen LogP contribution in [-0.2, 0) is 0 Å². The average Bonchev–Trinajstić information content (AvgIpc) is 2.87. The summed E-state index contributed by atoms with van der Waals surface area (Å²) in [7, 11) is 0. The summed E-state index contributed by atoms with van der Waals surface area (Å²) in [5.41, 5.74) is 1.51. The zero-order chi connectivity index (χ0) is 12.6. The summed E-state index contributed by atoms with van der Waals surface area (Å²) in [6.45, 7) is 11.7. The highest BCUT2D eigenvalue weighted by molar-refractivity contribution is 7.12. The van der Waals surface area contributed by atoms with Crippen molar-refractivity contribution in [3.8, 4) is 0 Å². The summed E-state index contributed by atoms with van der Waals surface area (Å²) in [4.78, 5) is 19.4. The van der Waals surface area contributed by atoms with Crippen LogP contribution < -0.4 is 10.6 Å². The van der Waals surface area contributed by atoms with E-state index in [-0.39, 0.29) is 5.78 Å². The SMILES string of the molecule is C=c1[nH]cc(C(=O)c2nc(C(C)C)cs2)c1=C. The van der Waals surface area contributed by atoms with Crippen LogP contribution in [-0.4, -0.2) is 15.8 Å². The van der Waals surface area contributed by atoms with Gasteiger partial charge in [-0.15, -0.1) is 11.3 Å². The third-order valence-corrected chi connectivity index (χ3v) is 3.49. The lowest BCUT2D eigenvalue weighted by Gasteiger charge is -1.96. The molecule has 0 aliphatic carbocycles. The normalized spacial score (nSPS) is 11.0. The fourth-order valence-electron chi connectivity index (χ4n) is 1.47. The molecule has 0 saturated heterocycles. The largest absolute Gasteiger partial charge is 0.361 e. The maximum atomic E-state index is 12.2. The molecular weight excluding hydrogens is 232 g/mol. The van der Waals surface area contributed by atoms with E-state index in [0.717, 1.165) is 5.69 Å². The van der Waals surface area contributed by atoms with Crippen molar-refractivity contribution in [3.63, 3.8) is 0 Å². The molecule has 0 aliphatic heterocycles. The topological polar surface area (TPSA) is 45.8 Å². The first-order chi connectivity index (χ1) is 8.00. The Labute approximate surface area is 104 Å². The lowest BCUT2D eigenvalue weighted by atomic mass is 10.1. The van der Waals surface area contributed by atoms with Crippen LogP contribution >= 0.6 is 11.3 Å². The second kappa shape index (κ2) is 4.30. The third kappa shape index (κ3) is 2.08. The molecule has 0 aliphatic rings. The Balaban J connectivity index is 2.41. The molecule has 1 N–H and O–H groups in total. The number of aromatic amines is 1. The number of hydrogen-bond acceptors (Lipinski definition) is 3. The lowest BCUT2D eigenvalue weighted by Crippen LogP contribution is -2.24. The van der Waals surface area contributed by atoms with Crippen LogP contribution in [0.25, 0.3) is 13.2 Å². The molecule has 0 aromatic carbocycles. The number of H-pyrrole nitrogens is 1. The van der Waals surface area contributed by atoms with Gasteiger partial charge in [0.15, 0.2) is 5.01 Å². The van der Waals surface area contributed by atoms with E-state index in [9.17, 15) is 4.79 Å². The number of nitrogens with one attached hydrogen (secondary N) is 1. The molecule has 2 rings (SSSR count). The molecule has 2 heterocycles. The zero-order valence-electron chi connectivity index (χ0n) is 9.91. The fourth-order valence-corrected chi connectivity index (χ4v) is 2.40. The molecular formula is C13H14N2OS. The Morgan fingerprint density at radius 2 is 2.18 bits per heavy atom. The summed E-state index contributed by atoms with van der Waals surface area (Å²) in [5, 5.41) is 3.76. The van der Waals surface area contributed by atoms with E-state index >= 15 is 0 Å². The van der Waals surface area contributed by atoms with Crippen molar-refractivity contribution in [3.05, 3.63) is 38.4 Å². The number of ketones is 1. The molecule has 0 saturated carbocycles. The van der Waals surface area contributed by atoms with Gasteiger partial charge in [-0.2, -0.15) is 0 Å². The smallest absolute Gasteiger partial charge is 0.223 e. The van der Waals surface area contributed by atoms with Crippen LogP contribution in [0, 0.1) is 0 Å². The van der Waals surface area contributed by atoms with Gasteiger partial charge >= 0.3 is 0 Å². The Hall–Kier alpha value is -1.68. The maximum absolute atomic E-state index is 12.2. The van der Waals surface area contributed by atoms with E-state index in [1.54, 1.807) is 6.20 Å². The minimum atomic E-state index is -0.0851. The highest BCUT2D eigenvalue weighted by atomic mass is 32.1. The number of nitrogens with zero attached hydrogens (tertiary/aromatic N) is 1. The molecule has 0 bridgehead atoms. The first-order valence-corrected chi connectivity index (χ1v) is 6.24. The zero-order valence-corrected chi connectivity index (χ0v) is 10.7. The number of rotatable bonds is 3. The van der Waals surface area contributed by atoms with Gasteiger partial charge in [0.05, 0.1) is 5.69 Å². The number of carbonyl (C=O) groups excluding carboxylic acids is 1. The lowest BCUT2D eigenvalue weighted by molar-refractivity contribution is 0.103. The van der Waals surface area contributed by atoms with E-state index < -0.39 is 0 Å². The Bertz CT molecular complexity index is 651. The van der Waals surface area contributed by atoms with Crippen molar-refractivity contribution in [2.24, 2.45) is 0 Å². The van der Waals surface area contributed by atoms with E-state index in [1.165, 1.54) is 11.3 Å². The second-order valence-corrected chi connectivity index (χ2v) is 5.08. The summed E-state index contributed by atoms with van der Waals surface area (Å²) in [6, 6.07) is 0. The molecule has 2 aromatic heterocycles. The van der Waals surface area contributed by atoms with E-state index in [4.69, 9.17) is 0 Å². The van der Waals surface area contributed by atoms with Gasteiger partial charge in [0.2, 0.25) is 5.78 Å². The van der Waals surface area contributed by atoms with Gasteiger partial charge in [0.25, 0.3) is 0 Å². The van der Waals surface area contributed by atoms with Gasteiger partial charge in [-0.25, -0.2) is 4.98 Å². The number of carbonyl (C=O) groups is 1. The maximum Gasteiger partial charge on any atom is 0.223 e. The van der Waals surface area contributed by atoms with Gasteiger partial charge < -0.3 is 4.98 Å². The van der Waals surface area contributed by atoms with Crippen molar-refractivity contribution in [1.29, 1.82) is 0 Å². The monoisotopic (exact) mass is 246 g/mol. The Morgan fingerprint density at radius 1 is 1.47 bits per heavy atom. The van der Waals surface area contributed by atoms with Crippen molar-refractivity contribution in [2.45, 2.75) is 19.8 Å². The highest BCUT2D eigenvalue weighted by Crippen LogP contribution is 2.19. The van der Waals surface area contributed by atoms with Crippen molar-refractivity contribution < 1.29 is 4.79 Å². The molecule has 4 heteroatoms. The fraction of sp³-hybridized carbons (Fsp3) is 0.231. The van der Waals surface area contributed by atoms with Gasteiger partial charge in [0.1, 0.15) is 0 Å². The van der Waals surface area contributed by atoms with Gasteiger partial charge in [-0.05, 0) is 5.92 Å². The second-order valence-electron chi connectivity index (χ2n) is 4.22. The summed E-state index contributed by atoms with van der Waals surface area (Å²) in [6.07, 6.45) is 1.64. The van der Waals surface area contributed by atoms with Crippen LogP contribution in [0.2, 0.25) is 0 Å². The molecule has 17 heavy (non-hydrogen) atoms. The number of aromatic nitrogens is 2. The Morgan fingerprint density at radius 3 is 2.65 bits per heavy atom. The minimum absolute atomic E-state index is 0.0851. The highest BCUT2D eigenvalue weighted by Gasteiger charge is 2.16. The quantitative estimate of drug-likeness (QED) is 0.837. The van der Waals surface area contributed by atoms with Crippen LogP contribution in [0.4, 0.5) is 0 Å². The predicted molar refractivity (Wildman–Crippen MR) is 70.7 cm³/mol. The number of hydrogen-bond donors (Lipinski definition) is 1. The Kier molecular flexibility index (Phi) is 2.98. The van der Waals surface area contributed by atoms with Crippen molar-refractivity contribution in [2.75, 3.05) is 0 Å². The molecule has 0 fully saturated rings. The van der Waals surface area contributed by atoms with Crippen LogP contribution in [0.15, 0.2) is 11.6 Å². The molecule has 2 aromatic rings. The van der Waals surface area contributed by atoms with E-state index in [0.29, 0.717) is 27.1 Å². The van der Waals surface area contributed by atoms with E-state index in [2.05, 4.69) is 37.0 Å². The predicted octanol–water partition coefficient (Wildman–Crippen LogP) is 1.65. The van der Waals surface area contributed by atoms with Gasteiger partial charge in [0, 0.05) is 27.7 Å². The first kappa shape index (κ1) is 11.8. The molecule has 0 amide bonds. The van der Waals surface area contributed by atoms with Gasteiger partial charge in [-0.1, -0.05) is 27.0 Å². The van der Waals surface area contributed by atoms with Crippen LogP contribution in [0.1, 0.15) is 40.8 Å². The van der Waals surface area contributed by atoms with Crippen molar-refractivity contribution in [1.82, 2.24) is 9.97 Å². The summed E-state index contributed by atoms with van der Waals surface area (Å²) in [5.74, 6) is 0.250. The van der Waals surface area contributed by atoms with Gasteiger partial charge in [-0.3, -0.25) is 4.79 Å². The van der Waals surface area contributed by atoms with Crippen molar-refractivity contribution >= 4 is 30.3 Å². The van der Waals surface area contributed by atoms with Crippen LogP contribution in [0.3, 0.4) is 0 Å². The van der Waals surface area contributed by atoms with E-state index in [1.807, 2.05) is 5.38 Å². The van der Waals surface area contributed by atoms with Crippen LogP contribution in [0.5, 0.6) is 0 Å². The summed E-state index contributed by atoms with van der Waals surface area (Å²) < 4.78 is 0. The summed E-state index contributed by atoms with van der Waals surface area (Å²) >= 11 is 1.38. The molecule has 0 spiro atoms. The molecule has 3 nitrogen and oxygen atoms in total. The third-order valence-electron chi connectivity index (χ3n) is 2.63. The standard InChI is InChI=1S/C13H14N2OS/c1-7(2)11-6-17-13(15-11)12(16)10-5-14-9(4)8(10)3/h5-7,14H,3-4H2,1-2H3. The molecule has 0 unspecified atom stereocenters. The first-order valence-electron chi connectivity index (χ1n) is 5.36. The molecule has 88 valence electrons. The molecule has 0 atom stereocenters.